The summed E-state index contributed by atoms with van der Waals surface area (Å²) < 4.78 is 1.58. The van der Waals surface area contributed by atoms with Crippen molar-refractivity contribution in [3.8, 4) is 5.69 Å². The Morgan fingerprint density at radius 3 is 2.59 bits per heavy atom. The van der Waals surface area contributed by atoms with Gasteiger partial charge in [0.2, 0.25) is 0 Å². The van der Waals surface area contributed by atoms with Crippen LogP contribution >= 0.6 is 0 Å². The lowest BCUT2D eigenvalue weighted by atomic mass is 9.99. The van der Waals surface area contributed by atoms with Crippen LogP contribution in [0, 0.1) is 5.92 Å². The second-order valence-corrected chi connectivity index (χ2v) is 5.18. The van der Waals surface area contributed by atoms with E-state index in [4.69, 9.17) is 0 Å². The van der Waals surface area contributed by atoms with Crippen molar-refractivity contribution in [2.45, 2.75) is 26.3 Å². The van der Waals surface area contributed by atoms with Crippen LogP contribution in [-0.4, -0.2) is 32.8 Å². The van der Waals surface area contributed by atoms with Gasteiger partial charge in [-0.2, -0.15) is 5.10 Å². The zero-order chi connectivity index (χ0) is 16.1. The van der Waals surface area contributed by atoms with Crippen LogP contribution in [0.15, 0.2) is 42.7 Å². The molecule has 116 valence electrons. The van der Waals surface area contributed by atoms with Gasteiger partial charge in [-0.05, 0) is 18.1 Å². The molecule has 2 atom stereocenters. The third-order valence-corrected chi connectivity index (χ3v) is 3.63. The van der Waals surface area contributed by atoms with E-state index in [1.165, 1.54) is 6.20 Å². The highest BCUT2D eigenvalue weighted by molar-refractivity contribution is 5.96. The Morgan fingerprint density at radius 1 is 1.32 bits per heavy atom. The van der Waals surface area contributed by atoms with Gasteiger partial charge in [0.15, 0.2) is 0 Å². The number of carbonyl (C=O) groups is 2. The van der Waals surface area contributed by atoms with E-state index in [0.717, 1.165) is 5.69 Å². The highest BCUT2D eigenvalue weighted by atomic mass is 16.4. The minimum absolute atomic E-state index is 0.148. The number of carbonyl (C=O) groups excluding carboxylic acids is 1. The summed E-state index contributed by atoms with van der Waals surface area (Å²) in [6.45, 7) is 3.69. The largest absolute Gasteiger partial charge is 0.480 e. The molecule has 0 aliphatic heterocycles. The molecular weight excluding hydrogens is 282 g/mol. The molecule has 0 radical (unpaired) electrons. The first-order chi connectivity index (χ1) is 10.5. The number of amides is 1. The first-order valence-corrected chi connectivity index (χ1v) is 7.16. The number of hydrogen-bond acceptors (Lipinski definition) is 3. The Kier molecular flexibility index (Phi) is 4.93. The fourth-order valence-corrected chi connectivity index (χ4v) is 2.07. The van der Waals surface area contributed by atoms with Crippen molar-refractivity contribution in [1.82, 2.24) is 15.1 Å². The van der Waals surface area contributed by atoms with Crippen LogP contribution in [0.5, 0.6) is 0 Å². The number of rotatable bonds is 6. The van der Waals surface area contributed by atoms with E-state index in [-0.39, 0.29) is 5.92 Å². The summed E-state index contributed by atoms with van der Waals surface area (Å²) in [5, 5.41) is 15.9. The van der Waals surface area contributed by atoms with Gasteiger partial charge in [-0.3, -0.25) is 4.79 Å². The molecule has 1 amide bonds. The number of para-hydroxylation sites is 1. The molecule has 6 nitrogen and oxygen atoms in total. The van der Waals surface area contributed by atoms with Gasteiger partial charge in [0, 0.05) is 6.20 Å². The number of nitrogens with zero attached hydrogens (tertiary/aromatic N) is 2. The Bertz CT molecular complexity index is 652. The van der Waals surface area contributed by atoms with Gasteiger partial charge in [0.05, 0.1) is 17.4 Å². The second-order valence-electron chi connectivity index (χ2n) is 5.18. The Balaban J connectivity index is 2.13. The standard InChI is InChI=1S/C16H19N3O3/c1-3-11(2)14(16(21)22)18-15(20)12-9-17-19(10-12)13-7-5-4-6-8-13/h4-11,14H,3H2,1-2H3,(H,18,20)(H,21,22)/t11-,14-/m0/s1. The molecule has 1 aromatic heterocycles. The first kappa shape index (κ1) is 15.8. The van der Waals surface area contributed by atoms with Crippen LogP contribution in [0.3, 0.4) is 0 Å². The number of aliphatic carboxylic acids is 1. The highest BCUT2D eigenvalue weighted by Gasteiger charge is 2.26. The van der Waals surface area contributed by atoms with Crippen molar-refractivity contribution in [1.29, 1.82) is 0 Å². The number of carboxylic acids is 1. The summed E-state index contributed by atoms with van der Waals surface area (Å²) >= 11 is 0. The average molecular weight is 301 g/mol. The molecule has 0 aliphatic carbocycles. The first-order valence-electron chi connectivity index (χ1n) is 7.16. The van der Waals surface area contributed by atoms with Gasteiger partial charge in [-0.1, -0.05) is 38.5 Å². The van der Waals surface area contributed by atoms with Gasteiger partial charge in [-0.15, -0.1) is 0 Å². The van der Waals surface area contributed by atoms with Crippen molar-refractivity contribution in [2.75, 3.05) is 0 Å². The average Bonchev–Trinajstić information content (AvgIpc) is 3.02. The van der Waals surface area contributed by atoms with E-state index in [1.54, 1.807) is 17.8 Å². The van der Waals surface area contributed by atoms with Gasteiger partial charge >= 0.3 is 5.97 Å². The number of benzene rings is 1. The van der Waals surface area contributed by atoms with E-state index >= 15 is 0 Å². The summed E-state index contributed by atoms with van der Waals surface area (Å²) in [4.78, 5) is 23.5. The van der Waals surface area contributed by atoms with E-state index in [9.17, 15) is 14.7 Å². The molecule has 0 fully saturated rings. The molecule has 2 aromatic rings. The summed E-state index contributed by atoms with van der Waals surface area (Å²) in [7, 11) is 0. The molecule has 0 saturated heterocycles. The number of carboxylic acid groups (broad SMARTS) is 1. The van der Waals surface area contributed by atoms with Crippen LogP contribution in [0.2, 0.25) is 0 Å². The van der Waals surface area contributed by atoms with Crippen molar-refractivity contribution in [2.24, 2.45) is 5.92 Å². The minimum Gasteiger partial charge on any atom is -0.480 e. The van der Waals surface area contributed by atoms with E-state index in [1.807, 2.05) is 37.3 Å². The third kappa shape index (κ3) is 3.52. The molecule has 6 heteroatoms. The van der Waals surface area contributed by atoms with Gasteiger partial charge in [0.25, 0.3) is 5.91 Å². The SMILES string of the molecule is CC[C@H](C)[C@H](NC(=O)c1cnn(-c2ccccc2)c1)C(=O)O. The molecule has 22 heavy (non-hydrogen) atoms. The number of aromatic nitrogens is 2. The Morgan fingerprint density at radius 2 is 2.00 bits per heavy atom. The maximum absolute atomic E-state index is 12.2. The smallest absolute Gasteiger partial charge is 0.326 e. The van der Waals surface area contributed by atoms with Crippen molar-refractivity contribution < 1.29 is 14.7 Å². The lowest BCUT2D eigenvalue weighted by molar-refractivity contribution is -0.140. The molecule has 2 rings (SSSR count). The topological polar surface area (TPSA) is 84.2 Å². The Hall–Kier alpha value is -2.63. The van der Waals surface area contributed by atoms with Crippen LogP contribution < -0.4 is 5.32 Å². The van der Waals surface area contributed by atoms with Gasteiger partial charge in [0.1, 0.15) is 6.04 Å². The molecule has 0 spiro atoms. The molecule has 0 saturated carbocycles. The van der Waals surface area contributed by atoms with E-state index < -0.39 is 17.9 Å². The zero-order valence-corrected chi connectivity index (χ0v) is 12.6. The third-order valence-electron chi connectivity index (χ3n) is 3.63. The van der Waals surface area contributed by atoms with E-state index in [2.05, 4.69) is 10.4 Å². The molecule has 0 unspecified atom stereocenters. The Labute approximate surface area is 128 Å². The second kappa shape index (κ2) is 6.89. The van der Waals surface area contributed by atoms with Crippen LogP contribution in [-0.2, 0) is 4.79 Å². The maximum atomic E-state index is 12.2. The number of hydrogen-bond donors (Lipinski definition) is 2. The maximum Gasteiger partial charge on any atom is 0.326 e. The minimum atomic E-state index is -1.03. The summed E-state index contributed by atoms with van der Waals surface area (Å²) in [5.74, 6) is -1.61. The van der Waals surface area contributed by atoms with Crippen LogP contribution in [0.4, 0.5) is 0 Å². The van der Waals surface area contributed by atoms with Crippen molar-refractivity contribution in [3.63, 3.8) is 0 Å². The van der Waals surface area contributed by atoms with Crippen molar-refractivity contribution >= 4 is 11.9 Å². The fourth-order valence-electron chi connectivity index (χ4n) is 2.07. The molecular formula is C16H19N3O3. The fraction of sp³-hybridized carbons (Fsp3) is 0.312. The quantitative estimate of drug-likeness (QED) is 0.855. The molecule has 0 bridgehead atoms. The predicted octanol–water partition coefficient (Wildman–Crippen LogP) is 2.10. The molecule has 0 aliphatic rings. The van der Waals surface area contributed by atoms with E-state index in [0.29, 0.717) is 12.0 Å². The molecule has 2 N–H and O–H groups in total. The predicted molar refractivity (Wildman–Crippen MR) is 81.9 cm³/mol. The summed E-state index contributed by atoms with van der Waals surface area (Å²) in [6.07, 6.45) is 3.68. The number of nitrogens with one attached hydrogen (secondary N) is 1. The van der Waals surface area contributed by atoms with Crippen LogP contribution in [0.1, 0.15) is 30.6 Å². The zero-order valence-electron chi connectivity index (χ0n) is 12.6. The van der Waals surface area contributed by atoms with Crippen LogP contribution in [0.25, 0.3) is 5.69 Å². The summed E-state index contributed by atoms with van der Waals surface area (Å²) in [5.41, 5.74) is 1.16. The molecule has 1 aromatic carbocycles. The summed E-state index contributed by atoms with van der Waals surface area (Å²) in [6, 6.07) is 8.48. The highest BCUT2D eigenvalue weighted by Crippen LogP contribution is 2.11. The monoisotopic (exact) mass is 301 g/mol. The normalized spacial score (nSPS) is 13.4. The lowest BCUT2D eigenvalue weighted by Gasteiger charge is -2.19. The van der Waals surface area contributed by atoms with Crippen molar-refractivity contribution in [3.05, 3.63) is 48.3 Å². The van der Waals surface area contributed by atoms with Gasteiger partial charge in [-0.25, -0.2) is 9.48 Å². The molecule has 1 heterocycles. The lowest BCUT2D eigenvalue weighted by Crippen LogP contribution is -2.44. The van der Waals surface area contributed by atoms with Gasteiger partial charge < -0.3 is 10.4 Å².